The molecule has 6 heteroatoms. The number of rotatable bonds is 0. The predicted molar refractivity (Wildman–Crippen MR) is 142 cm³/mol. The summed E-state index contributed by atoms with van der Waals surface area (Å²) in [5.74, 6) is 0. The molecule has 0 fully saturated rings. The zero-order valence-corrected chi connectivity index (χ0v) is 20.5. The van der Waals surface area contributed by atoms with E-state index in [2.05, 4.69) is 48.5 Å². The first-order chi connectivity index (χ1) is 17.6. The Morgan fingerprint density at radius 1 is 0.611 bits per heavy atom. The van der Waals surface area contributed by atoms with Gasteiger partial charge in [0, 0.05) is 27.3 Å². The van der Waals surface area contributed by atoms with Gasteiger partial charge in [-0.15, -0.1) is 23.5 Å². The first-order valence-electron chi connectivity index (χ1n) is 11.3. The molecule has 4 aromatic carbocycles. The first kappa shape index (κ1) is 22.3. The van der Waals surface area contributed by atoms with E-state index in [1.54, 1.807) is 6.08 Å². The Bertz CT molecular complexity index is 1680. The highest BCUT2D eigenvalue weighted by Crippen LogP contribution is 2.68. The molecule has 0 bridgehead atoms. The number of nitriles is 4. The molecule has 1 aliphatic carbocycles. The van der Waals surface area contributed by atoms with Crippen LogP contribution in [0.2, 0.25) is 0 Å². The molecule has 0 atom stereocenters. The summed E-state index contributed by atoms with van der Waals surface area (Å²) in [4.78, 5) is 1.81. The van der Waals surface area contributed by atoms with E-state index in [1.165, 1.54) is 23.5 Å². The zero-order valence-electron chi connectivity index (χ0n) is 18.9. The standard InChI is InChI=1S/C30H16N4S2/c31-16-28(17-32)14-5-15-30(29(28,18-33)19-34)35-24-12-10-20-6-1-3-8-22(20)26(24)27-23-9-4-2-7-21(23)11-13-25(27)36-30/h1-13,15H,14H2. The molecule has 0 amide bonds. The molecule has 1 aliphatic heterocycles. The predicted octanol–water partition coefficient (Wildman–Crippen LogP) is 7.58. The summed E-state index contributed by atoms with van der Waals surface area (Å²) in [6.07, 6.45) is 3.68. The Balaban J connectivity index is 1.79. The van der Waals surface area contributed by atoms with E-state index in [1.807, 2.05) is 54.6 Å². The van der Waals surface area contributed by atoms with Crippen LogP contribution in [-0.4, -0.2) is 4.08 Å². The zero-order chi connectivity index (χ0) is 25.0. The largest absolute Gasteiger partial charge is 0.203 e. The third kappa shape index (κ3) is 2.69. The summed E-state index contributed by atoms with van der Waals surface area (Å²) in [6.45, 7) is 0. The van der Waals surface area contributed by atoms with Gasteiger partial charge in [-0.3, -0.25) is 0 Å². The van der Waals surface area contributed by atoms with Crippen LogP contribution < -0.4 is 0 Å². The van der Waals surface area contributed by atoms with E-state index in [9.17, 15) is 21.0 Å². The average Bonchev–Trinajstić information content (AvgIpc) is 3.08. The number of nitrogens with zero attached hydrogens (tertiary/aromatic N) is 4. The second-order valence-electron chi connectivity index (χ2n) is 8.90. The molecule has 0 saturated carbocycles. The molecule has 0 aromatic heterocycles. The lowest BCUT2D eigenvalue weighted by Crippen LogP contribution is -2.53. The van der Waals surface area contributed by atoms with Crippen molar-refractivity contribution in [1.29, 1.82) is 21.0 Å². The summed E-state index contributed by atoms with van der Waals surface area (Å²) in [6, 6.07) is 33.0. The average molecular weight is 497 g/mol. The van der Waals surface area contributed by atoms with E-state index >= 15 is 0 Å². The maximum atomic E-state index is 10.6. The second kappa shape index (κ2) is 7.91. The van der Waals surface area contributed by atoms with E-state index in [0.717, 1.165) is 42.5 Å². The van der Waals surface area contributed by atoms with Crippen molar-refractivity contribution in [2.24, 2.45) is 10.8 Å². The van der Waals surface area contributed by atoms with Gasteiger partial charge in [-0.1, -0.05) is 72.8 Å². The van der Waals surface area contributed by atoms with Crippen LogP contribution in [0.3, 0.4) is 0 Å². The van der Waals surface area contributed by atoms with Crippen LogP contribution in [0.15, 0.2) is 94.7 Å². The van der Waals surface area contributed by atoms with Gasteiger partial charge in [0.05, 0.1) is 24.3 Å². The van der Waals surface area contributed by atoms with E-state index in [-0.39, 0.29) is 6.42 Å². The molecule has 0 unspecified atom stereocenters. The molecule has 2 aliphatic rings. The molecular formula is C30H16N4S2. The molecule has 36 heavy (non-hydrogen) atoms. The second-order valence-corrected chi connectivity index (χ2v) is 11.7. The van der Waals surface area contributed by atoms with Crippen LogP contribution in [0.25, 0.3) is 32.7 Å². The monoisotopic (exact) mass is 496 g/mol. The van der Waals surface area contributed by atoms with Crippen LogP contribution in [0, 0.1) is 56.2 Å². The molecule has 6 rings (SSSR count). The summed E-state index contributed by atoms with van der Waals surface area (Å²) >= 11 is 2.80. The molecule has 168 valence electrons. The normalized spacial score (nSPS) is 18.1. The highest BCUT2D eigenvalue weighted by atomic mass is 32.2. The van der Waals surface area contributed by atoms with Crippen molar-refractivity contribution in [1.82, 2.24) is 0 Å². The Morgan fingerprint density at radius 2 is 1.11 bits per heavy atom. The van der Waals surface area contributed by atoms with Gasteiger partial charge in [-0.2, -0.15) is 21.0 Å². The fourth-order valence-electron chi connectivity index (χ4n) is 5.38. The van der Waals surface area contributed by atoms with Gasteiger partial charge >= 0.3 is 0 Å². The van der Waals surface area contributed by atoms with Gasteiger partial charge < -0.3 is 0 Å². The van der Waals surface area contributed by atoms with E-state index in [0.29, 0.717) is 0 Å². The minimum atomic E-state index is -1.91. The van der Waals surface area contributed by atoms with E-state index < -0.39 is 14.9 Å². The Labute approximate surface area is 217 Å². The van der Waals surface area contributed by atoms with Crippen molar-refractivity contribution in [2.75, 3.05) is 0 Å². The van der Waals surface area contributed by atoms with Crippen molar-refractivity contribution in [3.8, 4) is 35.4 Å². The van der Waals surface area contributed by atoms with Crippen LogP contribution in [0.5, 0.6) is 0 Å². The maximum Gasteiger partial charge on any atom is 0.203 e. The molecule has 0 N–H and O–H groups in total. The number of benzene rings is 4. The molecule has 0 radical (unpaired) electrons. The van der Waals surface area contributed by atoms with Crippen LogP contribution in [-0.2, 0) is 0 Å². The van der Waals surface area contributed by atoms with Crippen molar-refractivity contribution in [2.45, 2.75) is 20.3 Å². The van der Waals surface area contributed by atoms with Gasteiger partial charge in [0.1, 0.15) is 4.08 Å². The fourth-order valence-corrected chi connectivity index (χ4v) is 8.80. The van der Waals surface area contributed by atoms with Gasteiger partial charge in [-0.25, -0.2) is 0 Å². The third-order valence-electron chi connectivity index (χ3n) is 7.20. The summed E-state index contributed by atoms with van der Waals surface area (Å²) < 4.78 is -1.22. The number of hydrogen-bond acceptors (Lipinski definition) is 6. The van der Waals surface area contributed by atoms with Crippen molar-refractivity contribution >= 4 is 45.1 Å². The van der Waals surface area contributed by atoms with Crippen molar-refractivity contribution in [3.05, 3.63) is 84.9 Å². The molecule has 4 aromatic rings. The Morgan fingerprint density at radius 3 is 1.58 bits per heavy atom. The van der Waals surface area contributed by atoms with Crippen molar-refractivity contribution in [3.63, 3.8) is 0 Å². The van der Waals surface area contributed by atoms with E-state index in [4.69, 9.17) is 0 Å². The summed E-state index contributed by atoms with van der Waals surface area (Å²) in [5.41, 5.74) is -1.64. The third-order valence-corrected chi connectivity index (χ3v) is 10.3. The van der Waals surface area contributed by atoms with Crippen LogP contribution >= 0.6 is 23.5 Å². The SMILES string of the molecule is N#CC1(C#N)CC=CC2(Sc3ccc4ccccc4c3-c3c(ccc4ccccc34)S2)C1(C#N)C#N. The lowest BCUT2D eigenvalue weighted by molar-refractivity contribution is 0.284. The number of allylic oxidation sites excluding steroid dienone is 1. The lowest BCUT2D eigenvalue weighted by Gasteiger charge is -2.46. The fraction of sp³-hybridized carbons (Fsp3) is 0.133. The van der Waals surface area contributed by atoms with Gasteiger partial charge in [0.15, 0.2) is 5.41 Å². The molecule has 4 nitrogen and oxygen atoms in total. The minimum Gasteiger partial charge on any atom is -0.196 e. The summed E-state index contributed by atoms with van der Waals surface area (Å²) in [5, 5.41) is 45.8. The quantitative estimate of drug-likeness (QED) is 0.233. The summed E-state index contributed by atoms with van der Waals surface area (Å²) in [7, 11) is 0. The minimum absolute atomic E-state index is 0.0269. The Hall–Kier alpha value is -4.20. The number of fused-ring (bicyclic) bond motifs is 7. The molecule has 0 saturated heterocycles. The van der Waals surface area contributed by atoms with Crippen LogP contribution in [0.1, 0.15) is 6.42 Å². The van der Waals surface area contributed by atoms with Gasteiger partial charge in [-0.05, 0) is 33.7 Å². The van der Waals surface area contributed by atoms with Crippen LogP contribution in [0.4, 0.5) is 0 Å². The highest BCUT2D eigenvalue weighted by molar-refractivity contribution is 8.18. The highest BCUT2D eigenvalue weighted by Gasteiger charge is 2.68. The molecule has 1 spiro atoms. The van der Waals surface area contributed by atoms with Crippen molar-refractivity contribution < 1.29 is 0 Å². The van der Waals surface area contributed by atoms with Gasteiger partial charge in [0.25, 0.3) is 0 Å². The first-order valence-corrected chi connectivity index (χ1v) is 13.0. The van der Waals surface area contributed by atoms with Gasteiger partial charge in [0.2, 0.25) is 5.41 Å². The maximum absolute atomic E-state index is 10.6. The Kier molecular flexibility index (Phi) is 4.90. The molecule has 1 heterocycles. The smallest absolute Gasteiger partial charge is 0.196 e. The molecular weight excluding hydrogens is 480 g/mol. The topological polar surface area (TPSA) is 95.2 Å². The number of hydrogen-bond donors (Lipinski definition) is 0. The number of thioether (sulfide) groups is 2. The lowest BCUT2D eigenvalue weighted by atomic mass is 9.60.